The van der Waals surface area contributed by atoms with E-state index in [1.807, 2.05) is 30.9 Å². The fourth-order valence-corrected chi connectivity index (χ4v) is 3.88. The van der Waals surface area contributed by atoms with Gasteiger partial charge in [-0.1, -0.05) is 11.2 Å². The van der Waals surface area contributed by atoms with E-state index in [9.17, 15) is 9.90 Å². The highest BCUT2D eigenvalue weighted by Gasteiger charge is 2.28. The summed E-state index contributed by atoms with van der Waals surface area (Å²) >= 11 is 0. The highest BCUT2D eigenvalue weighted by Crippen LogP contribution is 2.32. The zero-order valence-electron chi connectivity index (χ0n) is 16.5. The monoisotopic (exact) mass is 393 g/mol. The Kier molecular flexibility index (Phi) is 5.35. The van der Waals surface area contributed by atoms with Crippen LogP contribution < -0.4 is 0 Å². The summed E-state index contributed by atoms with van der Waals surface area (Å²) in [5, 5.41) is 13.8. The number of carbonyl (C=O) groups excluding carboxylic acids is 1. The molecule has 29 heavy (non-hydrogen) atoms. The molecule has 0 radical (unpaired) electrons. The van der Waals surface area contributed by atoms with Crippen molar-refractivity contribution in [3.05, 3.63) is 59.1 Å². The molecule has 0 saturated carbocycles. The lowest BCUT2D eigenvalue weighted by molar-refractivity contribution is 0.0699. The highest BCUT2D eigenvalue weighted by atomic mass is 16.5. The summed E-state index contributed by atoms with van der Waals surface area (Å²) in [6, 6.07) is 5.47. The van der Waals surface area contributed by atoms with E-state index in [-0.39, 0.29) is 18.4 Å². The molecule has 0 spiro atoms. The van der Waals surface area contributed by atoms with Crippen LogP contribution in [0.5, 0.6) is 0 Å². The zero-order chi connectivity index (χ0) is 20.4. The molecule has 3 aromatic heterocycles. The Morgan fingerprint density at radius 3 is 2.86 bits per heavy atom. The number of rotatable bonds is 4. The van der Waals surface area contributed by atoms with Crippen LogP contribution in [-0.2, 0) is 6.61 Å². The fraction of sp³-hybridized carbons (Fsp3) is 0.381. The first-order valence-electron chi connectivity index (χ1n) is 9.67. The molecule has 0 aromatic carbocycles. The SMILES string of the molecule is Cc1noc(C)c1-c1nc(C2CCCN(C(=O)c3ccncn3)C2)ccc1CO. The van der Waals surface area contributed by atoms with Gasteiger partial charge >= 0.3 is 0 Å². The number of amides is 1. The molecule has 1 saturated heterocycles. The first-order valence-corrected chi connectivity index (χ1v) is 9.67. The zero-order valence-corrected chi connectivity index (χ0v) is 16.5. The third kappa shape index (κ3) is 3.75. The maximum atomic E-state index is 12.8. The molecule has 150 valence electrons. The number of aryl methyl sites for hydroxylation is 2. The van der Waals surface area contributed by atoms with Gasteiger partial charge in [0, 0.05) is 36.5 Å². The van der Waals surface area contributed by atoms with Crippen molar-refractivity contribution in [2.24, 2.45) is 0 Å². The van der Waals surface area contributed by atoms with Gasteiger partial charge in [-0.15, -0.1) is 0 Å². The second-order valence-corrected chi connectivity index (χ2v) is 7.29. The number of pyridine rings is 1. The number of piperidine rings is 1. The van der Waals surface area contributed by atoms with E-state index in [1.54, 1.807) is 12.3 Å². The van der Waals surface area contributed by atoms with Gasteiger partial charge in [-0.05, 0) is 38.8 Å². The van der Waals surface area contributed by atoms with Crippen molar-refractivity contribution in [2.45, 2.75) is 39.2 Å². The summed E-state index contributed by atoms with van der Waals surface area (Å²) in [7, 11) is 0. The minimum Gasteiger partial charge on any atom is -0.392 e. The smallest absolute Gasteiger partial charge is 0.272 e. The Morgan fingerprint density at radius 1 is 1.31 bits per heavy atom. The molecule has 1 atom stereocenters. The number of likely N-dealkylation sites (tertiary alicyclic amines) is 1. The Labute approximate surface area is 168 Å². The molecule has 1 aliphatic heterocycles. The first kappa shape index (κ1) is 19.2. The van der Waals surface area contributed by atoms with Crippen LogP contribution in [0.15, 0.2) is 35.2 Å². The van der Waals surface area contributed by atoms with Crippen LogP contribution in [0, 0.1) is 13.8 Å². The molecule has 1 aliphatic rings. The van der Waals surface area contributed by atoms with Crippen LogP contribution in [0.1, 0.15) is 52.0 Å². The standard InChI is InChI=1S/C21H23N5O3/c1-13-19(14(2)29-25-13)20-16(11-27)5-6-17(24-20)15-4-3-9-26(10-15)21(28)18-7-8-22-12-23-18/h5-8,12,15,27H,3-4,9-11H2,1-2H3. The molecular formula is C21H23N5O3. The second-order valence-electron chi connectivity index (χ2n) is 7.29. The third-order valence-electron chi connectivity index (χ3n) is 5.37. The molecule has 1 fully saturated rings. The lowest BCUT2D eigenvalue weighted by Crippen LogP contribution is -2.39. The fourth-order valence-electron chi connectivity index (χ4n) is 3.88. The van der Waals surface area contributed by atoms with Crippen LogP contribution in [0.4, 0.5) is 0 Å². The van der Waals surface area contributed by atoms with Crippen molar-refractivity contribution < 1.29 is 14.4 Å². The van der Waals surface area contributed by atoms with Crippen molar-refractivity contribution in [2.75, 3.05) is 13.1 Å². The van der Waals surface area contributed by atoms with Gasteiger partial charge in [0.05, 0.1) is 23.6 Å². The molecule has 8 heteroatoms. The molecule has 1 amide bonds. The predicted octanol–water partition coefficient (Wildman–Crippen LogP) is 2.66. The third-order valence-corrected chi connectivity index (χ3v) is 5.37. The maximum Gasteiger partial charge on any atom is 0.272 e. The number of hydrogen-bond acceptors (Lipinski definition) is 7. The normalized spacial score (nSPS) is 16.8. The van der Waals surface area contributed by atoms with Crippen LogP contribution >= 0.6 is 0 Å². The summed E-state index contributed by atoms with van der Waals surface area (Å²) in [4.78, 5) is 27.4. The number of hydrogen-bond donors (Lipinski definition) is 1. The molecule has 4 rings (SSSR count). The van der Waals surface area contributed by atoms with E-state index in [1.165, 1.54) is 6.33 Å². The van der Waals surface area contributed by atoms with E-state index in [2.05, 4.69) is 15.1 Å². The summed E-state index contributed by atoms with van der Waals surface area (Å²) < 4.78 is 5.30. The summed E-state index contributed by atoms with van der Waals surface area (Å²) in [5.74, 6) is 0.697. The lowest BCUT2D eigenvalue weighted by atomic mass is 9.92. The first-order chi connectivity index (χ1) is 14.1. The second kappa shape index (κ2) is 8.08. The number of aliphatic hydroxyl groups is 1. The Balaban J connectivity index is 1.63. The molecule has 1 unspecified atom stereocenters. The van der Waals surface area contributed by atoms with Crippen molar-refractivity contribution in [1.82, 2.24) is 25.0 Å². The number of aliphatic hydroxyl groups excluding tert-OH is 1. The van der Waals surface area contributed by atoms with E-state index < -0.39 is 0 Å². The van der Waals surface area contributed by atoms with Gasteiger partial charge in [-0.3, -0.25) is 9.78 Å². The van der Waals surface area contributed by atoms with Gasteiger partial charge < -0.3 is 14.5 Å². The minimum absolute atomic E-state index is 0.0879. The molecular weight excluding hydrogens is 370 g/mol. The Bertz CT molecular complexity index is 999. The molecule has 0 aliphatic carbocycles. The molecule has 8 nitrogen and oxygen atoms in total. The quantitative estimate of drug-likeness (QED) is 0.726. The van der Waals surface area contributed by atoms with Gasteiger partial charge in [-0.2, -0.15) is 0 Å². The van der Waals surface area contributed by atoms with Crippen molar-refractivity contribution in [3.63, 3.8) is 0 Å². The van der Waals surface area contributed by atoms with Crippen LogP contribution in [0.2, 0.25) is 0 Å². The topological polar surface area (TPSA) is 105 Å². The average molecular weight is 393 g/mol. The van der Waals surface area contributed by atoms with Gasteiger partial charge in [0.1, 0.15) is 17.8 Å². The van der Waals surface area contributed by atoms with E-state index in [0.717, 1.165) is 35.4 Å². The van der Waals surface area contributed by atoms with Crippen molar-refractivity contribution in [3.8, 4) is 11.3 Å². The van der Waals surface area contributed by atoms with E-state index >= 15 is 0 Å². The summed E-state index contributed by atoms with van der Waals surface area (Å²) in [5.41, 5.74) is 4.29. The van der Waals surface area contributed by atoms with Crippen LogP contribution in [-0.4, -0.2) is 49.1 Å². The van der Waals surface area contributed by atoms with Crippen LogP contribution in [0.25, 0.3) is 11.3 Å². The van der Waals surface area contributed by atoms with Gasteiger partial charge in [0.2, 0.25) is 0 Å². The van der Waals surface area contributed by atoms with Gasteiger partial charge in [0.15, 0.2) is 0 Å². The van der Waals surface area contributed by atoms with Crippen LogP contribution in [0.3, 0.4) is 0 Å². The van der Waals surface area contributed by atoms with Crippen molar-refractivity contribution >= 4 is 5.91 Å². The lowest BCUT2D eigenvalue weighted by Gasteiger charge is -2.32. The van der Waals surface area contributed by atoms with E-state index in [0.29, 0.717) is 30.2 Å². The molecule has 0 bridgehead atoms. The van der Waals surface area contributed by atoms with Gasteiger partial charge in [0.25, 0.3) is 5.91 Å². The molecule has 4 heterocycles. The minimum atomic E-state index is -0.115. The Morgan fingerprint density at radius 2 is 2.17 bits per heavy atom. The number of aromatic nitrogens is 4. The number of carbonyl (C=O) groups is 1. The highest BCUT2D eigenvalue weighted by molar-refractivity contribution is 5.92. The summed E-state index contributed by atoms with van der Waals surface area (Å²) in [6.45, 7) is 4.87. The maximum absolute atomic E-state index is 12.8. The average Bonchev–Trinajstić information content (AvgIpc) is 3.11. The van der Waals surface area contributed by atoms with Crippen molar-refractivity contribution in [1.29, 1.82) is 0 Å². The Hall–Kier alpha value is -3.13. The predicted molar refractivity (Wildman–Crippen MR) is 105 cm³/mol. The number of nitrogens with zero attached hydrogens (tertiary/aromatic N) is 5. The summed E-state index contributed by atoms with van der Waals surface area (Å²) in [6.07, 6.45) is 4.80. The van der Waals surface area contributed by atoms with E-state index in [4.69, 9.17) is 9.51 Å². The molecule has 3 aromatic rings. The molecule has 1 N–H and O–H groups in total. The largest absolute Gasteiger partial charge is 0.392 e. The van der Waals surface area contributed by atoms with Gasteiger partial charge in [-0.25, -0.2) is 9.97 Å².